The van der Waals surface area contributed by atoms with Crippen molar-refractivity contribution >= 4 is 0 Å². The summed E-state index contributed by atoms with van der Waals surface area (Å²) in [5.74, 6) is 0.593. The van der Waals surface area contributed by atoms with E-state index in [9.17, 15) is 20.2 Å². The molecule has 0 spiro atoms. The third-order valence-electron chi connectivity index (χ3n) is 2.67. The van der Waals surface area contributed by atoms with Gasteiger partial charge in [0.1, 0.15) is 12.7 Å². The molecule has 0 saturated heterocycles. The molecular formula is C12H14N2O8. The average Bonchev–Trinajstić information content (AvgIpc) is 2.45. The normalized spacial score (nSPS) is 11.4. The van der Waals surface area contributed by atoms with Crippen molar-refractivity contribution in [2.24, 2.45) is 0 Å². The van der Waals surface area contributed by atoms with Gasteiger partial charge in [0.2, 0.25) is 0 Å². The third-order valence-corrected chi connectivity index (χ3v) is 2.67. The van der Waals surface area contributed by atoms with Gasteiger partial charge in [0.15, 0.2) is 11.5 Å². The number of ether oxygens (including phenoxy) is 2. The van der Waals surface area contributed by atoms with Crippen LogP contribution in [0.25, 0.3) is 0 Å². The molecule has 0 heterocycles. The first-order chi connectivity index (χ1) is 10.4. The van der Waals surface area contributed by atoms with Crippen LogP contribution in [0.3, 0.4) is 0 Å². The number of benzene rings is 1. The van der Waals surface area contributed by atoms with Crippen LogP contribution in [0.1, 0.15) is 11.1 Å². The van der Waals surface area contributed by atoms with Crippen molar-refractivity contribution in [2.75, 3.05) is 20.8 Å². The second kappa shape index (κ2) is 7.86. The Morgan fingerprint density at radius 3 is 2.18 bits per heavy atom. The molecular weight excluding hydrogens is 300 g/mol. The number of rotatable bonds is 9. The van der Waals surface area contributed by atoms with Gasteiger partial charge in [0.05, 0.1) is 14.2 Å². The van der Waals surface area contributed by atoms with Crippen LogP contribution in [0.2, 0.25) is 0 Å². The van der Waals surface area contributed by atoms with Gasteiger partial charge < -0.3 is 19.1 Å². The van der Waals surface area contributed by atoms with E-state index in [0.29, 0.717) is 16.9 Å². The van der Waals surface area contributed by atoms with Crippen LogP contribution in [0.5, 0.6) is 11.5 Å². The molecule has 0 fully saturated rings. The van der Waals surface area contributed by atoms with Crippen molar-refractivity contribution in [3.63, 3.8) is 0 Å². The van der Waals surface area contributed by atoms with E-state index in [-0.39, 0.29) is 12.2 Å². The summed E-state index contributed by atoms with van der Waals surface area (Å²) >= 11 is 0. The Labute approximate surface area is 125 Å². The SMILES string of the molecule is COc1[c]c(C)c(CC(CO[N+](=O)[O-])O[N+](=O)[O-])[c]c1OC. The minimum absolute atomic E-state index is 0.0441. The van der Waals surface area contributed by atoms with Gasteiger partial charge in [-0.25, -0.2) is 0 Å². The second-order valence-electron chi connectivity index (χ2n) is 4.09. The van der Waals surface area contributed by atoms with Gasteiger partial charge in [-0.15, -0.1) is 20.2 Å². The van der Waals surface area contributed by atoms with Crippen molar-refractivity contribution in [2.45, 2.75) is 19.4 Å². The lowest BCUT2D eigenvalue weighted by atomic mass is 10.0. The van der Waals surface area contributed by atoms with Crippen molar-refractivity contribution in [1.29, 1.82) is 0 Å². The standard InChI is InChI=1S/C12H14N2O8/c1-8-4-11(19-2)12(20-3)6-9(8)5-10(22-14(17)18)7-21-13(15)16/h10H,5,7H2,1-3H3. The van der Waals surface area contributed by atoms with Gasteiger partial charge in [-0.2, -0.15) is 0 Å². The highest BCUT2D eigenvalue weighted by Gasteiger charge is 2.19. The van der Waals surface area contributed by atoms with Crippen molar-refractivity contribution in [1.82, 2.24) is 0 Å². The average molecular weight is 314 g/mol. The van der Waals surface area contributed by atoms with Gasteiger partial charge >= 0.3 is 0 Å². The molecule has 120 valence electrons. The molecule has 0 bridgehead atoms. The number of aryl methyl sites for hydroxylation is 1. The summed E-state index contributed by atoms with van der Waals surface area (Å²) in [6.45, 7) is 1.10. The Bertz CT molecular complexity index is 548. The van der Waals surface area contributed by atoms with Gasteiger partial charge in [0.25, 0.3) is 10.2 Å². The molecule has 1 aromatic carbocycles. The van der Waals surface area contributed by atoms with Crippen LogP contribution in [0.15, 0.2) is 0 Å². The Kier molecular flexibility index (Phi) is 6.17. The predicted molar refractivity (Wildman–Crippen MR) is 70.5 cm³/mol. The van der Waals surface area contributed by atoms with Crippen LogP contribution in [0, 0.1) is 39.3 Å². The summed E-state index contributed by atoms with van der Waals surface area (Å²) in [6.07, 6.45) is -1.21. The monoisotopic (exact) mass is 314 g/mol. The maximum absolute atomic E-state index is 10.4. The molecule has 1 aromatic rings. The largest absolute Gasteiger partial charge is 0.492 e. The molecule has 0 aromatic heterocycles. The van der Waals surface area contributed by atoms with E-state index in [4.69, 9.17) is 9.47 Å². The van der Waals surface area contributed by atoms with Gasteiger partial charge in [0, 0.05) is 18.6 Å². The predicted octanol–water partition coefficient (Wildman–Crippen LogP) is 0.940. The molecule has 0 saturated carbocycles. The highest BCUT2D eigenvalue weighted by Crippen LogP contribution is 2.29. The van der Waals surface area contributed by atoms with E-state index < -0.39 is 22.9 Å². The van der Waals surface area contributed by atoms with Crippen molar-refractivity contribution in [3.8, 4) is 11.5 Å². The molecule has 0 aliphatic carbocycles. The maximum atomic E-state index is 10.4. The fourth-order valence-corrected chi connectivity index (χ4v) is 1.70. The molecule has 0 amide bonds. The molecule has 0 aliphatic rings. The van der Waals surface area contributed by atoms with E-state index in [0.717, 1.165) is 0 Å². The van der Waals surface area contributed by atoms with E-state index in [1.807, 2.05) is 0 Å². The molecule has 0 aliphatic heterocycles. The third kappa shape index (κ3) is 4.96. The van der Waals surface area contributed by atoms with E-state index in [2.05, 4.69) is 21.8 Å². The number of hydrogen-bond acceptors (Lipinski definition) is 8. The number of nitrogens with zero attached hydrogens (tertiary/aromatic N) is 2. The molecule has 1 rings (SSSR count). The van der Waals surface area contributed by atoms with E-state index >= 15 is 0 Å². The minimum Gasteiger partial charge on any atom is -0.492 e. The number of hydrogen-bond donors (Lipinski definition) is 0. The lowest BCUT2D eigenvalue weighted by Crippen LogP contribution is -2.27. The fraction of sp³-hybridized carbons (Fsp3) is 0.500. The highest BCUT2D eigenvalue weighted by molar-refractivity contribution is 5.45. The summed E-state index contributed by atoms with van der Waals surface area (Å²) in [6, 6.07) is 5.76. The van der Waals surface area contributed by atoms with Crippen molar-refractivity contribution < 1.29 is 29.3 Å². The van der Waals surface area contributed by atoms with Gasteiger partial charge in [-0.3, -0.25) is 0 Å². The quantitative estimate of drug-likeness (QED) is 0.487. The fourth-order valence-electron chi connectivity index (χ4n) is 1.70. The van der Waals surface area contributed by atoms with Crippen LogP contribution < -0.4 is 9.47 Å². The first-order valence-electron chi connectivity index (χ1n) is 6.01. The van der Waals surface area contributed by atoms with E-state index in [1.54, 1.807) is 6.92 Å². The highest BCUT2D eigenvalue weighted by atomic mass is 17.0. The molecule has 22 heavy (non-hydrogen) atoms. The zero-order valence-corrected chi connectivity index (χ0v) is 12.2. The Morgan fingerprint density at radius 2 is 1.68 bits per heavy atom. The van der Waals surface area contributed by atoms with Gasteiger partial charge in [-0.1, -0.05) is 0 Å². The Balaban J connectivity index is 2.95. The molecule has 0 N–H and O–H groups in total. The summed E-state index contributed by atoms with van der Waals surface area (Å²) in [7, 11) is 2.84. The van der Waals surface area contributed by atoms with Crippen LogP contribution in [0.4, 0.5) is 0 Å². The number of methoxy groups -OCH3 is 2. The first-order valence-corrected chi connectivity index (χ1v) is 6.01. The Hall–Kier alpha value is -2.78. The van der Waals surface area contributed by atoms with Crippen LogP contribution in [-0.2, 0) is 16.1 Å². The molecule has 10 nitrogen and oxygen atoms in total. The maximum Gasteiger partial charge on any atom is 0.294 e. The summed E-state index contributed by atoms with van der Waals surface area (Å²) in [5.41, 5.74) is 1.08. The van der Waals surface area contributed by atoms with Crippen molar-refractivity contribution in [3.05, 3.63) is 43.5 Å². The topological polar surface area (TPSA) is 123 Å². The zero-order chi connectivity index (χ0) is 16.7. The van der Waals surface area contributed by atoms with Crippen LogP contribution in [-0.4, -0.2) is 37.1 Å². The smallest absolute Gasteiger partial charge is 0.294 e. The van der Waals surface area contributed by atoms with E-state index in [1.165, 1.54) is 14.2 Å². The lowest BCUT2D eigenvalue weighted by molar-refractivity contribution is -0.789. The summed E-state index contributed by atoms with van der Waals surface area (Å²) in [5, 5.41) is 18.6. The van der Waals surface area contributed by atoms with Gasteiger partial charge in [-0.05, 0) is 18.1 Å². The summed E-state index contributed by atoms with van der Waals surface area (Å²) in [4.78, 5) is 29.2. The Morgan fingerprint density at radius 1 is 1.09 bits per heavy atom. The molecule has 10 heteroatoms. The minimum atomic E-state index is -1.16. The first kappa shape index (κ1) is 17.3. The lowest BCUT2D eigenvalue weighted by Gasteiger charge is -2.16. The van der Waals surface area contributed by atoms with Crippen LogP contribution >= 0.6 is 0 Å². The molecule has 1 unspecified atom stereocenters. The molecule has 1 atom stereocenters. The molecule has 2 radical (unpaired) electrons. The second-order valence-corrected chi connectivity index (χ2v) is 4.09. The zero-order valence-electron chi connectivity index (χ0n) is 12.2. The summed E-state index contributed by atoms with van der Waals surface area (Å²) < 4.78 is 10.1.